The van der Waals surface area contributed by atoms with Gasteiger partial charge in [-0.15, -0.1) is 0 Å². The van der Waals surface area contributed by atoms with Gasteiger partial charge in [-0.1, -0.05) is 78.9 Å². The first-order valence-corrected chi connectivity index (χ1v) is 10.8. The van der Waals surface area contributed by atoms with Gasteiger partial charge in [0.15, 0.2) is 0 Å². The van der Waals surface area contributed by atoms with Crippen molar-refractivity contribution in [3.8, 4) is 11.4 Å². The summed E-state index contributed by atoms with van der Waals surface area (Å²) in [6.07, 6.45) is 4.35. The van der Waals surface area contributed by atoms with Crippen LogP contribution in [0.15, 0.2) is 115 Å². The lowest BCUT2D eigenvalue weighted by Crippen LogP contribution is -1.96. The number of aryl methyl sites for hydroxylation is 2. The number of rotatable bonds is 7. The number of nitrogens with zero attached hydrogens (tertiary/aromatic N) is 1. The summed E-state index contributed by atoms with van der Waals surface area (Å²) in [6, 6.07) is 38.0. The van der Waals surface area contributed by atoms with E-state index in [4.69, 9.17) is 4.74 Å². The third-order valence-electron chi connectivity index (χ3n) is 5.68. The SMILES string of the molecule is c1ccc(CCc2cn(-c3ccc(OCc4ccccc4)cc3)c3ccccc23)cc1. The molecule has 4 aromatic carbocycles. The molecule has 152 valence electrons. The normalized spacial score (nSPS) is 11.0. The highest BCUT2D eigenvalue weighted by atomic mass is 16.5. The van der Waals surface area contributed by atoms with Crippen LogP contribution in [0.3, 0.4) is 0 Å². The molecule has 1 heterocycles. The van der Waals surface area contributed by atoms with Crippen LogP contribution in [0.25, 0.3) is 16.6 Å². The highest BCUT2D eigenvalue weighted by Crippen LogP contribution is 2.27. The summed E-state index contributed by atoms with van der Waals surface area (Å²) in [5.41, 5.74) is 6.31. The van der Waals surface area contributed by atoms with Gasteiger partial charge in [-0.25, -0.2) is 0 Å². The Balaban J connectivity index is 1.37. The monoisotopic (exact) mass is 403 g/mol. The van der Waals surface area contributed by atoms with Gasteiger partial charge in [0.2, 0.25) is 0 Å². The maximum Gasteiger partial charge on any atom is 0.119 e. The molecule has 2 heteroatoms. The summed E-state index contributed by atoms with van der Waals surface area (Å²) < 4.78 is 8.24. The second-order valence-corrected chi connectivity index (χ2v) is 7.80. The first-order valence-electron chi connectivity index (χ1n) is 10.8. The van der Waals surface area contributed by atoms with E-state index in [0.717, 1.165) is 24.3 Å². The molecule has 0 spiro atoms. The molecule has 0 aliphatic rings. The van der Waals surface area contributed by atoms with Crippen LogP contribution in [-0.2, 0) is 19.4 Å². The summed E-state index contributed by atoms with van der Waals surface area (Å²) in [4.78, 5) is 0. The Bertz CT molecular complexity index is 1250. The highest BCUT2D eigenvalue weighted by Gasteiger charge is 2.10. The van der Waals surface area contributed by atoms with E-state index in [1.54, 1.807) is 0 Å². The fourth-order valence-corrected chi connectivity index (χ4v) is 4.03. The minimum absolute atomic E-state index is 0.580. The van der Waals surface area contributed by atoms with Crippen molar-refractivity contribution >= 4 is 10.9 Å². The molecule has 1 aromatic heterocycles. The third-order valence-corrected chi connectivity index (χ3v) is 5.68. The molecule has 5 rings (SSSR count). The van der Waals surface area contributed by atoms with Crippen LogP contribution < -0.4 is 4.74 Å². The summed E-state index contributed by atoms with van der Waals surface area (Å²) in [5, 5.41) is 1.32. The predicted octanol–water partition coefficient (Wildman–Crippen LogP) is 6.99. The second-order valence-electron chi connectivity index (χ2n) is 7.80. The van der Waals surface area contributed by atoms with E-state index in [1.165, 1.54) is 27.6 Å². The van der Waals surface area contributed by atoms with Crippen molar-refractivity contribution in [1.29, 1.82) is 0 Å². The topological polar surface area (TPSA) is 14.2 Å². The second kappa shape index (κ2) is 8.93. The lowest BCUT2D eigenvalue weighted by molar-refractivity contribution is 0.306. The summed E-state index contributed by atoms with van der Waals surface area (Å²) in [7, 11) is 0. The van der Waals surface area contributed by atoms with Crippen molar-refractivity contribution in [2.75, 3.05) is 0 Å². The fraction of sp³-hybridized carbons (Fsp3) is 0.103. The lowest BCUT2D eigenvalue weighted by atomic mass is 10.0. The van der Waals surface area contributed by atoms with Gasteiger partial charge in [-0.3, -0.25) is 0 Å². The van der Waals surface area contributed by atoms with Crippen molar-refractivity contribution in [2.45, 2.75) is 19.4 Å². The van der Waals surface area contributed by atoms with Gasteiger partial charge < -0.3 is 9.30 Å². The number of hydrogen-bond acceptors (Lipinski definition) is 1. The molecule has 0 N–H and O–H groups in total. The number of ether oxygens (including phenoxy) is 1. The molecule has 0 radical (unpaired) electrons. The Morgan fingerprint density at radius 2 is 1.23 bits per heavy atom. The van der Waals surface area contributed by atoms with Crippen LogP contribution in [-0.4, -0.2) is 4.57 Å². The molecule has 0 aliphatic carbocycles. The molecule has 0 fully saturated rings. The molecule has 2 nitrogen and oxygen atoms in total. The van der Waals surface area contributed by atoms with Gasteiger partial charge in [-0.05, 0) is 59.9 Å². The van der Waals surface area contributed by atoms with Crippen molar-refractivity contribution < 1.29 is 4.74 Å². The molecule has 0 aliphatic heterocycles. The number of fused-ring (bicyclic) bond motifs is 1. The quantitative estimate of drug-likeness (QED) is 0.285. The highest BCUT2D eigenvalue weighted by molar-refractivity contribution is 5.85. The molecular formula is C29H25NO. The van der Waals surface area contributed by atoms with Crippen LogP contribution in [0.4, 0.5) is 0 Å². The molecule has 0 unspecified atom stereocenters. The lowest BCUT2D eigenvalue weighted by Gasteiger charge is -2.09. The van der Waals surface area contributed by atoms with Crippen molar-refractivity contribution in [2.24, 2.45) is 0 Å². The van der Waals surface area contributed by atoms with E-state index in [1.807, 2.05) is 18.2 Å². The number of aromatic nitrogens is 1. The van der Waals surface area contributed by atoms with Crippen molar-refractivity contribution in [3.63, 3.8) is 0 Å². The Morgan fingerprint density at radius 3 is 1.97 bits per heavy atom. The molecule has 0 bridgehead atoms. The molecular weight excluding hydrogens is 378 g/mol. The molecule has 0 saturated carbocycles. The number of benzene rings is 4. The van der Waals surface area contributed by atoms with Crippen LogP contribution >= 0.6 is 0 Å². The van der Waals surface area contributed by atoms with Gasteiger partial charge in [0.25, 0.3) is 0 Å². The minimum atomic E-state index is 0.580. The third kappa shape index (κ3) is 4.39. The molecule has 0 amide bonds. The maximum absolute atomic E-state index is 5.95. The Kier molecular flexibility index (Phi) is 5.53. The van der Waals surface area contributed by atoms with Gasteiger partial charge in [-0.2, -0.15) is 0 Å². The van der Waals surface area contributed by atoms with E-state index < -0.39 is 0 Å². The van der Waals surface area contributed by atoms with Gasteiger partial charge in [0.1, 0.15) is 12.4 Å². The molecule has 31 heavy (non-hydrogen) atoms. The predicted molar refractivity (Wildman–Crippen MR) is 128 cm³/mol. The van der Waals surface area contributed by atoms with Crippen LogP contribution in [0, 0.1) is 0 Å². The zero-order valence-corrected chi connectivity index (χ0v) is 17.4. The largest absolute Gasteiger partial charge is 0.489 e. The average Bonchev–Trinajstić information content (AvgIpc) is 3.22. The summed E-state index contributed by atoms with van der Waals surface area (Å²) in [6.45, 7) is 0.580. The Labute approximate surface area is 183 Å². The molecule has 0 atom stereocenters. The maximum atomic E-state index is 5.95. The van der Waals surface area contributed by atoms with Crippen molar-refractivity contribution in [3.05, 3.63) is 132 Å². The number of para-hydroxylation sites is 1. The zero-order chi connectivity index (χ0) is 20.9. The zero-order valence-electron chi connectivity index (χ0n) is 17.4. The van der Waals surface area contributed by atoms with E-state index in [-0.39, 0.29) is 0 Å². The van der Waals surface area contributed by atoms with Crippen molar-refractivity contribution in [1.82, 2.24) is 4.57 Å². The van der Waals surface area contributed by atoms with Gasteiger partial charge in [0, 0.05) is 17.3 Å². The van der Waals surface area contributed by atoms with E-state index >= 15 is 0 Å². The smallest absolute Gasteiger partial charge is 0.119 e. The van der Waals surface area contributed by atoms with E-state index in [2.05, 4.69) is 102 Å². The summed E-state index contributed by atoms with van der Waals surface area (Å²) in [5.74, 6) is 0.883. The van der Waals surface area contributed by atoms with Crippen LogP contribution in [0.5, 0.6) is 5.75 Å². The Hall–Kier alpha value is -3.78. The molecule has 5 aromatic rings. The first kappa shape index (κ1) is 19.2. The molecule has 0 saturated heterocycles. The summed E-state index contributed by atoms with van der Waals surface area (Å²) >= 11 is 0. The van der Waals surface area contributed by atoms with Crippen LogP contribution in [0.1, 0.15) is 16.7 Å². The number of hydrogen-bond donors (Lipinski definition) is 0. The Morgan fingerprint density at radius 1 is 0.581 bits per heavy atom. The van der Waals surface area contributed by atoms with E-state index in [9.17, 15) is 0 Å². The van der Waals surface area contributed by atoms with Crippen LogP contribution in [0.2, 0.25) is 0 Å². The van der Waals surface area contributed by atoms with Gasteiger partial charge >= 0.3 is 0 Å². The van der Waals surface area contributed by atoms with E-state index in [0.29, 0.717) is 6.61 Å². The van der Waals surface area contributed by atoms with Gasteiger partial charge in [0.05, 0.1) is 5.52 Å². The minimum Gasteiger partial charge on any atom is -0.489 e. The fourth-order valence-electron chi connectivity index (χ4n) is 4.03. The average molecular weight is 404 g/mol. The standard InChI is InChI=1S/C29H25NO/c1-3-9-23(10-4-1)15-16-25-21-30(29-14-8-7-13-28(25)29)26-17-19-27(20-18-26)31-22-24-11-5-2-6-12-24/h1-14,17-21H,15-16,22H2. The first-order chi connectivity index (χ1) is 15.4.